The van der Waals surface area contributed by atoms with Gasteiger partial charge in [-0.3, -0.25) is 0 Å². The van der Waals surface area contributed by atoms with Crippen LogP contribution in [0.25, 0.3) is 0 Å². The first kappa shape index (κ1) is 13.9. The van der Waals surface area contributed by atoms with E-state index in [1.165, 1.54) is 9.13 Å². The van der Waals surface area contributed by atoms with E-state index in [9.17, 15) is 5.11 Å². The van der Waals surface area contributed by atoms with Gasteiger partial charge in [0.25, 0.3) is 0 Å². The molecule has 3 heteroatoms. The molecule has 2 atom stereocenters. The summed E-state index contributed by atoms with van der Waals surface area (Å²) in [4.78, 5) is 0. The van der Waals surface area contributed by atoms with Crippen LogP contribution in [-0.4, -0.2) is 17.8 Å². The minimum atomic E-state index is 0.161. The van der Waals surface area contributed by atoms with Gasteiger partial charge >= 0.3 is 0 Å². The monoisotopic (exact) mass is 333 g/mol. The molecule has 2 nitrogen and oxygen atoms in total. The van der Waals surface area contributed by atoms with E-state index in [-0.39, 0.29) is 18.7 Å². The predicted octanol–water partition coefficient (Wildman–Crippen LogP) is 2.96. The van der Waals surface area contributed by atoms with E-state index < -0.39 is 0 Å². The smallest absolute Gasteiger partial charge is 0.0587 e. The van der Waals surface area contributed by atoms with Gasteiger partial charge in [-0.05, 0) is 53.1 Å². The Balaban J connectivity index is 2.64. The summed E-state index contributed by atoms with van der Waals surface area (Å²) in [5, 5.41) is 12.7. The number of aliphatic hydroxyl groups excluding tert-OH is 1. The molecule has 0 radical (unpaired) electrons. The van der Waals surface area contributed by atoms with Crippen LogP contribution in [0.3, 0.4) is 0 Å². The fourth-order valence-electron chi connectivity index (χ4n) is 1.62. The van der Waals surface area contributed by atoms with Crippen LogP contribution in [0, 0.1) is 9.49 Å². The van der Waals surface area contributed by atoms with Gasteiger partial charge in [0, 0.05) is 15.7 Å². The van der Waals surface area contributed by atoms with Gasteiger partial charge in [-0.2, -0.15) is 0 Å². The molecule has 0 heterocycles. The zero-order chi connectivity index (χ0) is 12.1. The molecule has 0 aliphatic heterocycles. The maximum atomic E-state index is 9.27. The zero-order valence-corrected chi connectivity index (χ0v) is 12.2. The summed E-state index contributed by atoms with van der Waals surface area (Å²) in [5.41, 5.74) is 1.26. The Hall–Kier alpha value is -0.130. The number of aliphatic hydroxyl groups is 1. The Kier molecular flexibility index (Phi) is 5.72. The van der Waals surface area contributed by atoms with E-state index in [2.05, 4.69) is 72.9 Å². The van der Waals surface area contributed by atoms with Gasteiger partial charge in [0.15, 0.2) is 0 Å². The van der Waals surface area contributed by atoms with Crippen LogP contribution >= 0.6 is 22.6 Å². The lowest BCUT2D eigenvalue weighted by atomic mass is 10.0. The summed E-state index contributed by atoms with van der Waals surface area (Å²) in [6.07, 6.45) is 0. The van der Waals surface area contributed by atoms with Crippen molar-refractivity contribution in [1.82, 2.24) is 5.32 Å². The van der Waals surface area contributed by atoms with Crippen LogP contribution in [0.4, 0.5) is 0 Å². The summed E-state index contributed by atoms with van der Waals surface area (Å²) in [6, 6.07) is 8.92. The van der Waals surface area contributed by atoms with Crippen molar-refractivity contribution in [2.45, 2.75) is 32.9 Å². The lowest BCUT2D eigenvalue weighted by Crippen LogP contribution is -2.38. The Morgan fingerprint density at radius 3 is 2.19 bits per heavy atom. The van der Waals surface area contributed by atoms with Gasteiger partial charge in [-0.15, -0.1) is 0 Å². The van der Waals surface area contributed by atoms with Crippen molar-refractivity contribution in [1.29, 1.82) is 0 Å². The molecule has 0 amide bonds. The first-order chi connectivity index (χ1) is 7.54. The molecule has 0 bridgehead atoms. The number of nitrogens with one attached hydrogen (secondary N) is 1. The SMILES string of the molecule is CC(N[C@H](CO)C(C)C)c1ccc(I)cc1. The Labute approximate surface area is 112 Å². The van der Waals surface area contributed by atoms with Crippen molar-refractivity contribution >= 4 is 22.6 Å². The van der Waals surface area contributed by atoms with Crippen molar-refractivity contribution in [2.75, 3.05) is 6.61 Å². The number of hydrogen-bond donors (Lipinski definition) is 2. The quantitative estimate of drug-likeness (QED) is 0.812. The van der Waals surface area contributed by atoms with Crippen LogP contribution < -0.4 is 5.32 Å². The zero-order valence-electron chi connectivity index (χ0n) is 10.1. The highest BCUT2D eigenvalue weighted by atomic mass is 127. The minimum absolute atomic E-state index is 0.161. The Bertz CT molecular complexity index is 310. The van der Waals surface area contributed by atoms with Crippen molar-refractivity contribution in [3.8, 4) is 0 Å². The summed E-state index contributed by atoms with van der Waals surface area (Å²) < 4.78 is 1.25. The van der Waals surface area contributed by atoms with Gasteiger partial charge in [-0.1, -0.05) is 26.0 Å². The largest absolute Gasteiger partial charge is 0.395 e. The van der Waals surface area contributed by atoms with Crippen molar-refractivity contribution < 1.29 is 5.11 Å². The number of hydrogen-bond acceptors (Lipinski definition) is 2. The van der Waals surface area contributed by atoms with Gasteiger partial charge < -0.3 is 10.4 Å². The number of benzene rings is 1. The summed E-state index contributed by atoms with van der Waals surface area (Å²) >= 11 is 2.30. The van der Waals surface area contributed by atoms with E-state index >= 15 is 0 Å². The van der Waals surface area contributed by atoms with Crippen LogP contribution in [0.15, 0.2) is 24.3 Å². The summed E-state index contributed by atoms with van der Waals surface area (Å²) in [7, 11) is 0. The first-order valence-corrected chi connectivity index (χ1v) is 6.74. The molecule has 0 spiro atoms. The molecule has 0 aliphatic carbocycles. The average molecular weight is 333 g/mol. The van der Waals surface area contributed by atoms with Gasteiger partial charge in [-0.25, -0.2) is 0 Å². The van der Waals surface area contributed by atoms with Crippen LogP contribution in [-0.2, 0) is 0 Å². The second-order valence-corrected chi connectivity index (χ2v) is 5.72. The standard InChI is InChI=1S/C13H20INO/c1-9(2)13(8-16)15-10(3)11-4-6-12(14)7-5-11/h4-7,9-10,13,15-16H,8H2,1-3H3/t10?,13-/m1/s1. The lowest BCUT2D eigenvalue weighted by Gasteiger charge is -2.25. The molecule has 0 aromatic heterocycles. The normalized spacial score (nSPS) is 15.1. The lowest BCUT2D eigenvalue weighted by molar-refractivity contribution is 0.201. The van der Waals surface area contributed by atoms with E-state index in [0.717, 1.165) is 0 Å². The van der Waals surface area contributed by atoms with Crippen molar-refractivity contribution in [3.63, 3.8) is 0 Å². The molecule has 0 fully saturated rings. The molecule has 90 valence electrons. The maximum Gasteiger partial charge on any atom is 0.0587 e. The molecule has 1 rings (SSSR count). The highest BCUT2D eigenvalue weighted by Gasteiger charge is 2.15. The third kappa shape index (κ3) is 4.03. The van der Waals surface area contributed by atoms with E-state index in [1.807, 2.05) is 0 Å². The minimum Gasteiger partial charge on any atom is -0.395 e. The van der Waals surface area contributed by atoms with E-state index in [1.54, 1.807) is 0 Å². The van der Waals surface area contributed by atoms with Crippen LogP contribution in [0.5, 0.6) is 0 Å². The van der Waals surface area contributed by atoms with Gasteiger partial charge in [0.05, 0.1) is 6.61 Å². The molecule has 16 heavy (non-hydrogen) atoms. The molecular weight excluding hydrogens is 313 g/mol. The summed E-state index contributed by atoms with van der Waals surface area (Å²) in [6.45, 7) is 6.56. The van der Waals surface area contributed by atoms with Gasteiger partial charge in [0.1, 0.15) is 0 Å². The molecule has 0 saturated heterocycles. The van der Waals surface area contributed by atoms with Crippen LogP contribution in [0.2, 0.25) is 0 Å². The molecule has 2 N–H and O–H groups in total. The molecule has 0 aliphatic rings. The second-order valence-electron chi connectivity index (χ2n) is 4.47. The first-order valence-electron chi connectivity index (χ1n) is 5.67. The number of halogens is 1. The highest BCUT2D eigenvalue weighted by molar-refractivity contribution is 14.1. The fraction of sp³-hybridized carbons (Fsp3) is 0.538. The van der Waals surface area contributed by atoms with Crippen LogP contribution in [0.1, 0.15) is 32.4 Å². The van der Waals surface area contributed by atoms with Crippen molar-refractivity contribution in [2.24, 2.45) is 5.92 Å². The Morgan fingerprint density at radius 1 is 1.19 bits per heavy atom. The Morgan fingerprint density at radius 2 is 1.75 bits per heavy atom. The summed E-state index contributed by atoms with van der Waals surface area (Å²) in [5.74, 6) is 0.441. The maximum absolute atomic E-state index is 9.27. The van der Waals surface area contributed by atoms with E-state index in [0.29, 0.717) is 5.92 Å². The van der Waals surface area contributed by atoms with Crippen molar-refractivity contribution in [3.05, 3.63) is 33.4 Å². The third-order valence-corrected chi connectivity index (χ3v) is 3.55. The molecular formula is C13H20INO. The molecule has 1 aromatic carbocycles. The number of rotatable bonds is 5. The van der Waals surface area contributed by atoms with Gasteiger partial charge in [0.2, 0.25) is 0 Å². The second kappa shape index (κ2) is 6.57. The highest BCUT2D eigenvalue weighted by Crippen LogP contribution is 2.16. The average Bonchev–Trinajstić information content (AvgIpc) is 2.26. The fourth-order valence-corrected chi connectivity index (χ4v) is 1.98. The molecule has 1 unspecified atom stereocenters. The predicted molar refractivity (Wildman–Crippen MR) is 76.4 cm³/mol. The van der Waals surface area contributed by atoms with E-state index in [4.69, 9.17) is 0 Å². The topological polar surface area (TPSA) is 32.3 Å². The third-order valence-electron chi connectivity index (χ3n) is 2.84. The molecule has 1 aromatic rings. The molecule has 0 saturated carbocycles.